The number of likely N-dealkylation sites (tertiary alicyclic amines) is 2. The summed E-state index contributed by atoms with van der Waals surface area (Å²) < 4.78 is 27.2. The molecule has 0 radical (unpaired) electrons. The predicted molar refractivity (Wildman–Crippen MR) is 80.7 cm³/mol. The average molecular weight is 308 g/mol. The summed E-state index contributed by atoms with van der Waals surface area (Å²) in [5, 5.41) is 0. The van der Waals surface area contributed by atoms with Gasteiger partial charge in [0.2, 0.25) is 0 Å². The van der Waals surface area contributed by atoms with Crippen LogP contribution in [0.3, 0.4) is 0 Å². The van der Waals surface area contributed by atoms with Crippen molar-refractivity contribution in [3.63, 3.8) is 0 Å². The third kappa shape index (κ3) is 3.29. The fourth-order valence-corrected chi connectivity index (χ4v) is 3.54. The molecule has 3 nitrogen and oxygen atoms in total. The Labute approximate surface area is 129 Å². The van der Waals surface area contributed by atoms with Gasteiger partial charge < -0.3 is 4.90 Å². The summed E-state index contributed by atoms with van der Waals surface area (Å²) in [5.74, 6) is -1.60. The molecule has 0 saturated carbocycles. The van der Waals surface area contributed by atoms with Crippen LogP contribution in [-0.4, -0.2) is 47.9 Å². The number of hydrogen-bond donors (Lipinski definition) is 0. The van der Waals surface area contributed by atoms with Gasteiger partial charge in [-0.1, -0.05) is 6.42 Å². The molecule has 22 heavy (non-hydrogen) atoms. The van der Waals surface area contributed by atoms with E-state index in [1.807, 2.05) is 0 Å². The summed E-state index contributed by atoms with van der Waals surface area (Å²) in [6.45, 7) is 3.41. The molecule has 1 amide bonds. The highest BCUT2D eigenvalue weighted by Crippen LogP contribution is 2.22. The molecule has 120 valence electrons. The van der Waals surface area contributed by atoms with E-state index in [0.29, 0.717) is 19.1 Å². The summed E-state index contributed by atoms with van der Waals surface area (Å²) in [7, 11) is 0. The predicted octanol–water partition coefficient (Wildman–Crippen LogP) is 3.06. The van der Waals surface area contributed by atoms with E-state index in [4.69, 9.17) is 0 Å². The molecule has 3 rings (SSSR count). The standard InChI is InChI=1S/C17H22F2N2O/c18-13-6-7-16(19)15(11-13)17(22)21-10-2-1-5-14(12-21)20-8-3-4-9-20/h6-7,11,14H,1-5,8-10,12H2. The fraction of sp³-hybridized carbons (Fsp3) is 0.588. The van der Waals surface area contributed by atoms with Gasteiger partial charge in [0.15, 0.2) is 0 Å². The van der Waals surface area contributed by atoms with Crippen LogP contribution in [0.1, 0.15) is 42.5 Å². The second-order valence-corrected chi connectivity index (χ2v) is 6.27. The molecule has 2 aliphatic heterocycles. The monoisotopic (exact) mass is 308 g/mol. The molecule has 1 aromatic rings. The number of rotatable bonds is 2. The van der Waals surface area contributed by atoms with Crippen molar-refractivity contribution in [2.24, 2.45) is 0 Å². The van der Waals surface area contributed by atoms with E-state index >= 15 is 0 Å². The van der Waals surface area contributed by atoms with Crippen molar-refractivity contribution >= 4 is 5.91 Å². The van der Waals surface area contributed by atoms with E-state index < -0.39 is 11.6 Å². The Morgan fingerprint density at radius 3 is 2.55 bits per heavy atom. The number of carbonyl (C=O) groups is 1. The number of hydrogen-bond acceptors (Lipinski definition) is 2. The molecule has 2 fully saturated rings. The first kappa shape index (κ1) is 15.4. The first-order valence-electron chi connectivity index (χ1n) is 8.13. The van der Waals surface area contributed by atoms with Crippen LogP contribution in [0.4, 0.5) is 8.78 Å². The summed E-state index contributed by atoms with van der Waals surface area (Å²) in [6, 6.07) is 3.43. The molecule has 5 heteroatoms. The third-order valence-corrected chi connectivity index (χ3v) is 4.75. The first-order valence-corrected chi connectivity index (χ1v) is 8.13. The van der Waals surface area contributed by atoms with Crippen LogP contribution in [0.2, 0.25) is 0 Å². The number of carbonyl (C=O) groups excluding carboxylic acids is 1. The third-order valence-electron chi connectivity index (χ3n) is 4.75. The van der Waals surface area contributed by atoms with Crippen molar-refractivity contribution in [3.8, 4) is 0 Å². The van der Waals surface area contributed by atoms with Crippen LogP contribution in [0.15, 0.2) is 18.2 Å². The molecule has 1 aromatic carbocycles. The van der Waals surface area contributed by atoms with E-state index in [1.54, 1.807) is 4.90 Å². The molecule has 2 aliphatic rings. The van der Waals surface area contributed by atoms with E-state index in [0.717, 1.165) is 50.6 Å². The molecule has 2 heterocycles. The van der Waals surface area contributed by atoms with Gasteiger partial charge in [0.25, 0.3) is 5.91 Å². The van der Waals surface area contributed by atoms with Crippen LogP contribution < -0.4 is 0 Å². The van der Waals surface area contributed by atoms with Gasteiger partial charge >= 0.3 is 0 Å². The largest absolute Gasteiger partial charge is 0.337 e. The molecule has 0 N–H and O–H groups in total. The maximum atomic E-state index is 13.9. The van der Waals surface area contributed by atoms with Gasteiger partial charge in [-0.25, -0.2) is 8.78 Å². The molecular weight excluding hydrogens is 286 g/mol. The summed E-state index contributed by atoms with van der Waals surface area (Å²) in [6.07, 6.45) is 5.50. The quantitative estimate of drug-likeness (QED) is 0.838. The minimum Gasteiger partial charge on any atom is -0.337 e. The molecule has 2 saturated heterocycles. The number of amides is 1. The average Bonchev–Trinajstić information content (AvgIpc) is 2.94. The maximum absolute atomic E-state index is 13.9. The highest BCUT2D eigenvalue weighted by molar-refractivity contribution is 5.94. The molecule has 0 aromatic heterocycles. The van der Waals surface area contributed by atoms with Gasteiger partial charge in [0, 0.05) is 19.1 Å². The minimum atomic E-state index is -0.645. The van der Waals surface area contributed by atoms with E-state index in [9.17, 15) is 13.6 Å². The summed E-state index contributed by atoms with van der Waals surface area (Å²) in [5.41, 5.74) is -0.151. The minimum absolute atomic E-state index is 0.151. The Morgan fingerprint density at radius 1 is 1.05 bits per heavy atom. The second kappa shape index (κ2) is 6.73. The molecule has 0 aliphatic carbocycles. The van der Waals surface area contributed by atoms with Crippen LogP contribution >= 0.6 is 0 Å². The van der Waals surface area contributed by atoms with Gasteiger partial charge in [-0.2, -0.15) is 0 Å². The van der Waals surface area contributed by atoms with Crippen LogP contribution in [-0.2, 0) is 0 Å². The van der Waals surface area contributed by atoms with Crippen molar-refractivity contribution in [3.05, 3.63) is 35.4 Å². The highest BCUT2D eigenvalue weighted by Gasteiger charge is 2.29. The molecule has 0 spiro atoms. The van der Waals surface area contributed by atoms with E-state index in [2.05, 4.69) is 4.90 Å². The Bertz CT molecular complexity index is 543. The second-order valence-electron chi connectivity index (χ2n) is 6.27. The van der Waals surface area contributed by atoms with E-state index in [-0.39, 0.29) is 11.5 Å². The van der Waals surface area contributed by atoms with Crippen LogP contribution in [0, 0.1) is 11.6 Å². The van der Waals surface area contributed by atoms with Gasteiger partial charge in [0.1, 0.15) is 11.6 Å². The van der Waals surface area contributed by atoms with Crippen molar-refractivity contribution in [2.75, 3.05) is 26.2 Å². The Hall–Kier alpha value is -1.49. The lowest BCUT2D eigenvalue weighted by Gasteiger charge is -2.30. The zero-order valence-corrected chi connectivity index (χ0v) is 12.7. The smallest absolute Gasteiger partial charge is 0.256 e. The lowest BCUT2D eigenvalue weighted by atomic mass is 10.1. The van der Waals surface area contributed by atoms with E-state index in [1.165, 1.54) is 12.8 Å². The zero-order chi connectivity index (χ0) is 15.5. The summed E-state index contributed by atoms with van der Waals surface area (Å²) >= 11 is 0. The molecule has 0 bridgehead atoms. The molecular formula is C17H22F2N2O. The lowest BCUT2D eigenvalue weighted by Crippen LogP contribution is -2.44. The van der Waals surface area contributed by atoms with Gasteiger partial charge in [-0.05, 0) is 57.0 Å². The van der Waals surface area contributed by atoms with Gasteiger partial charge in [-0.15, -0.1) is 0 Å². The van der Waals surface area contributed by atoms with Crippen molar-refractivity contribution < 1.29 is 13.6 Å². The zero-order valence-electron chi connectivity index (χ0n) is 12.7. The number of nitrogens with zero attached hydrogens (tertiary/aromatic N) is 2. The maximum Gasteiger partial charge on any atom is 0.256 e. The van der Waals surface area contributed by atoms with Crippen LogP contribution in [0.5, 0.6) is 0 Å². The fourth-order valence-electron chi connectivity index (χ4n) is 3.54. The Balaban J connectivity index is 1.76. The number of halogens is 2. The van der Waals surface area contributed by atoms with Crippen LogP contribution in [0.25, 0.3) is 0 Å². The Kier molecular flexibility index (Phi) is 4.71. The van der Waals surface area contributed by atoms with Gasteiger partial charge in [0.05, 0.1) is 5.56 Å². The first-order chi connectivity index (χ1) is 10.6. The topological polar surface area (TPSA) is 23.6 Å². The normalized spacial score (nSPS) is 23.5. The summed E-state index contributed by atoms with van der Waals surface area (Å²) in [4.78, 5) is 16.7. The molecule has 1 unspecified atom stereocenters. The van der Waals surface area contributed by atoms with Gasteiger partial charge in [-0.3, -0.25) is 9.69 Å². The van der Waals surface area contributed by atoms with Crippen molar-refractivity contribution in [2.45, 2.75) is 38.1 Å². The van der Waals surface area contributed by atoms with Crippen molar-refractivity contribution in [1.29, 1.82) is 0 Å². The lowest BCUT2D eigenvalue weighted by molar-refractivity contribution is 0.0709. The highest BCUT2D eigenvalue weighted by atomic mass is 19.1. The molecule has 1 atom stereocenters. The SMILES string of the molecule is O=C(c1cc(F)ccc1F)N1CCCCC(N2CCCC2)C1. The van der Waals surface area contributed by atoms with Crippen molar-refractivity contribution in [1.82, 2.24) is 9.80 Å². The Morgan fingerprint density at radius 2 is 1.77 bits per heavy atom. The number of benzene rings is 1.